The molecule has 0 atom stereocenters. The second kappa shape index (κ2) is 7.97. The summed E-state index contributed by atoms with van der Waals surface area (Å²) in [6.45, 7) is 6.26. The van der Waals surface area contributed by atoms with Crippen LogP contribution in [0.3, 0.4) is 0 Å². The highest BCUT2D eigenvalue weighted by Crippen LogP contribution is 2.28. The van der Waals surface area contributed by atoms with E-state index in [2.05, 4.69) is 17.2 Å². The van der Waals surface area contributed by atoms with E-state index in [1.54, 1.807) is 24.4 Å². The lowest BCUT2D eigenvalue weighted by atomic mass is 10.1. The minimum absolute atomic E-state index is 0.00760. The molecule has 0 bridgehead atoms. The fourth-order valence-electron chi connectivity index (χ4n) is 2.14. The summed E-state index contributed by atoms with van der Waals surface area (Å²) in [6.07, 6.45) is 2.68. The maximum Gasteiger partial charge on any atom is 0.253 e. The van der Waals surface area contributed by atoms with Gasteiger partial charge in [0.1, 0.15) is 5.75 Å². The molecule has 1 heterocycles. The van der Waals surface area contributed by atoms with Crippen molar-refractivity contribution in [2.75, 3.05) is 0 Å². The van der Waals surface area contributed by atoms with Gasteiger partial charge in [-0.15, -0.1) is 0 Å². The third-order valence-electron chi connectivity index (χ3n) is 3.29. The Morgan fingerprint density at radius 3 is 2.83 bits per heavy atom. The molecule has 122 valence electrons. The first-order valence-electron chi connectivity index (χ1n) is 7.68. The normalized spacial score (nSPS) is 10.7. The van der Waals surface area contributed by atoms with Crippen molar-refractivity contribution in [3.63, 3.8) is 0 Å². The van der Waals surface area contributed by atoms with Gasteiger partial charge < -0.3 is 10.1 Å². The molecule has 0 aliphatic rings. The molecule has 23 heavy (non-hydrogen) atoms. The van der Waals surface area contributed by atoms with E-state index in [1.165, 1.54) is 5.56 Å². The molecule has 1 aromatic carbocycles. The summed E-state index contributed by atoms with van der Waals surface area (Å²) in [5.41, 5.74) is 2.41. The quantitative estimate of drug-likeness (QED) is 0.869. The smallest absolute Gasteiger partial charge is 0.253 e. The van der Waals surface area contributed by atoms with Gasteiger partial charge in [-0.3, -0.25) is 9.78 Å². The zero-order valence-electron chi connectivity index (χ0n) is 13.6. The standard InChI is InChI=1S/C18H21ClN2O2/c1-4-13-8-9-20-14(10-13)11-21-18(22)15-6-5-7-16(17(15)19)23-12(2)3/h5-10,12H,4,11H2,1-3H3,(H,21,22). The van der Waals surface area contributed by atoms with Crippen LogP contribution in [0.15, 0.2) is 36.5 Å². The minimum Gasteiger partial charge on any atom is -0.489 e. The highest BCUT2D eigenvalue weighted by Gasteiger charge is 2.15. The number of hydrogen-bond acceptors (Lipinski definition) is 3. The van der Waals surface area contributed by atoms with Gasteiger partial charge in [0, 0.05) is 6.20 Å². The minimum atomic E-state index is -0.243. The van der Waals surface area contributed by atoms with Crippen LogP contribution in [0.2, 0.25) is 5.02 Å². The lowest BCUT2D eigenvalue weighted by Crippen LogP contribution is -2.24. The van der Waals surface area contributed by atoms with E-state index >= 15 is 0 Å². The summed E-state index contributed by atoms with van der Waals surface area (Å²) in [6, 6.07) is 9.15. The van der Waals surface area contributed by atoms with Crippen molar-refractivity contribution in [1.82, 2.24) is 10.3 Å². The topological polar surface area (TPSA) is 51.2 Å². The number of ether oxygens (including phenoxy) is 1. The van der Waals surface area contributed by atoms with Crippen LogP contribution in [-0.4, -0.2) is 17.0 Å². The Morgan fingerprint density at radius 1 is 1.35 bits per heavy atom. The molecule has 0 saturated carbocycles. The number of pyridine rings is 1. The Kier molecular flexibility index (Phi) is 5.99. The molecular formula is C18H21ClN2O2. The molecule has 2 aromatic rings. The summed E-state index contributed by atoms with van der Waals surface area (Å²) >= 11 is 6.28. The van der Waals surface area contributed by atoms with Crippen LogP contribution >= 0.6 is 11.6 Å². The van der Waals surface area contributed by atoms with Crippen LogP contribution in [0.25, 0.3) is 0 Å². The third kappa shape index (κ3) is 4.70. The summed E-state index contributed by atoms with van der Waals surface area (Å²) in [5, 5.41) is 3.17. The first kappa shape index (κ1) is 17.3. The van der Waals surface area contributed by atoms with Gasteiger partial charge in [-0.25, -0.2) is 0 Å². The Hall–Kier alpha value is -2.07. The molecule has 2 rings (SSSR count). The van der Waals surface area contributed by atoms with Gasteiger partial charge in [0.05, 0.1) is 28.9 Å². The summed E-state index contributed by atoms with van der Waals surface area (Å²) in [7, 11) is 0. The van der Waals surface area contributed by atoms with E-state index in [-0.39, 0.29) is 12.0 Å². The maximum absolute atomic E-state index is 12.4. The molecule has 5 heteroatoms. The fraction of sp³-hybridized carbons (Fsp3) is 0.333. The number of benzene rings is 1. The zero-order valence-corrected chi connectivity index (χ0v) is 14.4. The van der Waals surface area contributed by atoms with Crippen LogP contribution in [0.5, 0.6) is 5.75 Å². The number of nitrogens with zero attached hydrogens (tertiary/aromatic N) is 1. The van der Waals surface area contributed by atoms with Crippen LogP contribution in [0.4, 0.5) is 0 Å². The molecule has 1 aromatic heterocycles. The van der Waals surface area contributed by atoms with Gasteiger partial charge in [0.2, 0.25) is 0 Å². The van der Waals surface area contributed by atoms with Crippen LogP contribution in [-0.2, 0) is 13.0 Å². The first-order chi connectivity index (χ1) is 11.0. The zero-order chi connectivity index (χ0) is 16.8. The molecule has 0 unspecified atom stereocenters. The van der Waals surface area contributed by atoms with E-state index in [4.69, 9.17) is 16.3 Å². The predicted molar refractivity (Wildman–Crippen MR) is 92.0 cm³/mol. The van der Waals surface area contributed by atoms with Gasteiger partial charge in [-0.2, -0.15) is 0 Å². The average molecular weight is 333 g/mol. The Balaban J connectivity index is 2.08. The van der Waals surface area contributed by atoms with Gasteiger partial charge in [-0.05, 0) is 50.1 Å². The van der Waals surface area contributed by atoms with Crippen LogP contribution in [0, 0.1) is 0 Å². The van der Waals surface area contributed by atoms with Gasteiger partial charge in [-0.1, -0.05) is 24.6 Å². The molecular weight excluding hydrogens is 312 g/mol. The van der Waals surface area contributed by atoms with Crippen LogP contribution < -0.4 is 10.1 Å². The Bertz CT molecular complexity index is 686. The first-order valence-corrected chi connectivity index (χ1v) is 8.06. The SMILES string of the molecule is CCc1ccnc(CNC(=O)c2cccc(OC(C)C)c2Cl)c1. The second-order valence-electron chi connectivity index (χ2n) is 5.48. The number of carbonyl (C=O) groups excluding carboxylic acids is 1. The highest BCUT2D eigenvalue weighted by molar-refractivity contribution is 6.35. The van der Waals surface area contributed by atoms with E-state index in [0.29, 0.717) is 22.9 Å². The van der Waals surface area contributed by atoms with Crippen LogP contribution in [0.1, 0.15) is 42.4 Å². The largest absolute Gasteiger partial charge is 0.489 e. The molecule has 0 radical (unpaired) electrons. The number of hydrogen-bond donors (Lipinski definition) is 1. The number of halogens is 1. The van der Waals surface area contributed by atoms with Crippen molar-refractivity contribution in [1.29, 1.82) is 0 Å². The van der Waals surface area contributed by atoms with E-state index < -0.39 is 0 Å². The average Bonchev–Trinajstić information content (AvgIpc) is 2.54. The number of rotatable bonds is 6. The Morgan fingerprint density at radius 2 is 2.13 bits per heavy atom. The number of carbonyl (C=O) groups is 1. The summed E-state index contributed by atoms with van der Waals surface area (Å²) < 4.78 is 5.60. The molecule has 1 N–H and O–H groups in total. The number of amides is 1. The maximum atomic E-state index is 12.4. The van der Waals surface area contributed by atoms with Crippen molar-refractivity contribution < 1.29 is 9.53 Å². The number of nitrogens with one attached hydrogen (secondary N) is 1. The molecule has 0 saturated heterocycles. The van der Waals surface area contributed by atoms with Crippen molar-refractivity contribution in [2.24, 2.45) is 0 Å². The van der Waals surface area contributed by atoms with Gasteiger partial charge in [0.25, 0.3) is 5.91 Å². The second-order valence-corrected chi connectivity index (χ2v) is 5.85. The predicted octanol–water partition coefficient (Wildman–Crippen LogP) is 4.01. The van der Waals surface area contributed by atoms with Crippen molar-refractivity contribution in [3.05, 3.63) is 58.4 Å². The lowest BCUT2D eigenvalue weighted by molar-refractivity contribution is 0.0950. The molecule has 4 nitrogen and oxygen atoms in total. The fourth-order valence-corrected chi connectivity index (χ4v) is 2.40. The van der Waals surface area contributed by atoms with E-state index in [0.717, 1.165) is 12.1 Å². The van der Waals surface area contributed by atoms with Gasteiger partial charge in [0.15, 0.2) is 0 Å². The Labute approximate surface area is 141 Å². The lowest BCUT2D eigenvalue weighted by Gasteiger charge is -2.13. The number of aryl methyl sites for hydroxylation is 1. The molecule has 1 amide bonds. The monoisotopic (exact) mass is 332 g/mol. The van der Waals surface area contributed by atoms with Crippen molar-refractivity contribution in [3.8, 4) is 5.75 Å². The summed E-state index contributed by atoms with van der Waals surface area (Å²) in [4.78, 5) is 16.6. The number of aromatic nitrogens is 1. The third-order valence-corrected chi connectivity index (χ3v) is 3.68. The molecule has 0 fully saturated rings. The highest BCUT2D eigenvalue weighted by atomic mass is 35.5. The van der Waals surface area contributed by atoms with Crippen molar-refractivity contribution >= 4 is 17.5 Å². The van der Waals surface area contributed by atoms with Gasteiger partial charge >= 0.3 is 0 Å². The van der Waals surface area contributed by atoms with E-state index in [1.807, 2.05) is 26.0 Å². The molecule has 0 spiro atoms. The summed E-state index contributed by atoms with van der Waals surface area (Å²) in [5.74, 6) is 0.272. The molecule has 0 aliphatic heterocycles. The van der Waals surface area contributed by atoms with Crippen molar-refractivity contribution in [2.45, 2.75) is 39.8 Å². The van der Waals surface area contributed by atoms with E-state index in [9.17, 15) is 4.79 Å². The molecule has 0 aliphatic carbocycles.